The van der Waals surface area contributed by atoms with Crippen molar-refractivity contribution in [3.8, 4) is 17.4 Å². The van der Waals surface area contributed by atoms with Gasteiger partial charge >= 0.3 is 6.03 Å². The number of benzene rings is 1. The Morgan fingerprint density at radius 2 is 1.78 bits per heavy atom. The lowest BCUT2D eigenvalue weighted by atomic mass is 9.91. The van der Waals surface area contributed by atoms with Crippen molar-refractivity contribution in [1.82, 2.24) is 24.8 Å². The molecule has 2 saturated carbocycles. The van der Waals surface area contributed by atoms with Crippen LogP contribution in [0.2, 0.25) is 0 Å². The molecule has 2 saturated heterocycles. The van der Waals surface area contributed by atoms with Crippen molar-refractivity contribution in [2.24, 2.45) is 11.3 Å². The van der Waals surface area contributed by atoms with Crippen molar-refractivity contribution in [2.75, 3.05) is 33.9 Å². The van der Waals surface area contributed by atoms with Gasteiger partial charge in [0.2, 0.25) is 27.7 Å². The second-order valence-electron chi connectivity index (χ2n) is 18.0. The Balaban J connectivity index is 1.21. The van der Waals surface area contributed by atoms with Crippen LogP contribution in [0.25, 0.3) is 10.9 Å². The van der Waals surface area contributed by atoms with Gasteiger partial charge in [0, 0.05) is 37.0 Å². The maximum Gasteiger partial charge on any atom is 0.318 e. The molecule has 0 spiro atoms. The number of methoxy groups -OCH3 is 2. The maximum atomic E-state index is 14.8. The molecule has 7 rings (SSSR count). The first-order chi connectivity index (χ1) is 27.9. The second kappa shape index (κ2) is 16.2. The minimum absolute atomic E-state index is 0.0294. The van der Waals surface area contributed by atoms with E-state index in [9.17, 15) is 27.6 Å². The van der Waals surface area contributed by atoms with Gasteiger partial charge < -0.3 is 34.1 Å². The summed E-state index contributed by atoms with van der Waals surface area (Å²) in [5.74, 6) is -0.360. The molecule has 0 radical (unpaired) electrons. The van der Waals surface area contributed by atoms with Crippen molar-refractivity contribution < 1.29 is 46.5 Å². The fourth-order valence-corrected chi connectivity index (χ4v) is 10.1. The van der Waals surface area contributed by atoms with Gasteiger partial charge in [-0.3, -0.25) is 19.1 Å². The van der Waals surface area contributed by atoms with E-state index in [0.717, 1.165) is 24.8 Å². The van der Waals surface area contributed by atoms with Crippen molar-refractivity contribution >= 4 is 44.6 Å². The van der Waals surface area contributed by atoms with E-state index in [1.165, 1.54) is 4.90 Å². The molecule has 16 heteroatoms. The van der Waals surface area contributed by atoms with Gasteiger partial charge in [0.1, 0.15) is 29.2 Å². The number of allylic oxidation sites excluding steroid dienone is 2. The van der Waals surface area contributed by atoms with E-state index in [1.807, 2.05) is 52.0 Å². The standard InChI is InChI=1S/C43H59N5O10S/c1-26(2)57-36-20-35(30-15-16-34(55-6)27(3)37(30)45-36)58-29-19-32-33(49)22-43(39(51)46-59(53,54)42(5)17-18-42)21-28(43)13-11-9-8-10-12-14-31(38(50)48(32)23-29)44-40(52)47-24-41(4,25-47)56-7/h11,13,15-16,20,26,28-29,31-32H,8-10,12,14,17-19,21-25H2,1-7H3,(H,44,52)(H,46,51)/b13-11-/t28-,29-,31+,32+,43-/m1/s1. The van der Waals surface area contributed by atoms with Gasteiger partial charge in [0.25, 0.3) is 0 Å². The van der Waals surface area contributed by atoms with Crippen molar-refractivity contribution in [2.45, 2.75) is 133 Å². The molecule has 4 amide bonds. The number of aryl methyl sites for hydroxylation is 1. The molecular weight excluding hydrogens is 779 g/mol. The number of nitrogens with zero attached hydrogens (tertiary/aromatic N) is 3. The van der Waals surface area contributed by atoms with Crippen LogP contribution in [0.4, 0.5) is 4.79 Å². The van der Waals surface area contributed by atoms with Gasteiger partial charge in [-0.2, -0.15) is 0 Å². The molecule has 0 bridgehead atoms. The number of hydrogen-bond donors (Lipinski definition) is 2. The first-order valence-electron chi connectivity index (χ1n) is 20.9. The Kier molecular flexibility index (Phi) is 11.7. The summed E-state index contributed by atoms with van der Waals surface area (Å²) in [7, 11) is -0.774. The highest BCUT2D eigenvalue weighted by molar-refractivity contribution is 7.91. The molecule has 4 fully saturated rings. The lowest BCUT2D eigenvalue weighted by Gasteiger charge is -2.47. The monoisotopic (exact) mass is 837 g/mol. The smallest absolute Gasteiger partial charge is 0.318 e. The van der Waals surface area contributed by atoms with Gasteiger partial charge in [0.15, 0.2) is 5.78 Å². The van der Waals surface area contributed by atoms with Crippen molar-refractivity contribution in [1.29, 1.82) is 0 Å². The van der Waals surface area contributed by atoms with Crippen LogP contribution in [0.1, 0.15) is 97.5 Å². The summed E-state index contributed by atoms with van der Waals surface area (Å²) in [6.45, 7) is 9.99. The largest absolute Gasteiger partial charge is 0.496 e. The summed E-state index contributed by atoms with van der Waals surface area (Å²) < 4.78 is 51.7. The highest BCUT2D eigenvalue weighted by atomic mass is 32.2. The summed E-state index contributed by atoms with van der Waals surface area (Å²) in [6.07, 6.45) is 7.51. The average molecular weight is 838 g/mol. The van der Waals surface area contributed by atoms with Crippen LogP contribution in [-0.4, -0.2) is 115 Å². The maximum absolute atomic E-state index is 14.8. The number of carbonyl (C=O) groups excluding carboxylic acids is 4. The summed E-state index contributed by atoms with van der Waals surface area (Å²) >= 11 is 0. The van der Waals surface area contributed by atoms with E-state index < -0.39 is 55.8 Å². The summed E-state index contributed by atoms with van der Waals surface area (Å²) in [4.78, 5) is 65.0. The van der Waals surface area contributed by atoms with E-state index in [-0.39, 0.29) is 43.2 Å². The topological polar surface area (TPSA) is 183 Å². The Bertz CT molecular complexity index is 2130. The van der Waals surface area contributed by atoms with Crippen LogP contribution in [0.15, 0.2) is 30.4 Å². The molecule has 322 valence electrons. The van der Waals surface area contributed by atoms with Crippen molar-refractivity contribution in [3.63, 3.8) is 0 Å². The zero-order valence-electron chi connectivity index (χ0n) is 35.3. The molecule has 1 aromatic heterocycles. The number of amides is 4. The van der Waals surface area contributed by atoms with Crippen LogP contribution in [-0.2, 0) is 29.1 Å². The first-order valence-corrected chi connectivity index (χ1v) is 22.4. The molecule has 0 unspecified atom stereocenters. The van der Waals surface area contributed by atoms with Gasteiger partial charge in [-0.05, 0) is 91.2 Å². The zero-order valence-corrected chi connectivity index (χ0v) is 36.1. The van der Waals surface area contributed by atoms with Crippen LogP contribution in [0.3, 0.4) is 0 Å². The number of urea groups is 1. The number of pyridine rings is 1. The third kappa shape index (κ3) is 8.61. The van der Waals surface area contributed by atoms with Gasteiger partial charge in [0.05, 0.1) is 54.6 Å². The van der Waals surface area contributed by atoms with E-state index >= 15 is 0 Å². The zero-order chi connectivity index (χ0) is 42.5. The normalized spacial score (nSPS) is 28.3. The number of rotatable bonds is 10. The predicted octanol–water partition coefficient (Wildman–Crippen LogP) is 4.97. The Morgan fingerprint density at radius 3 is 2.46 bits per heavy atom. The second-order valence-corrected chi connectivity index (χ2v) is 20.2. The highest BCUT2D eigenvalue weighted by Gasteiger charge is 2.62. The summed E-state index contributed by atoms with van der Waals surface area (Å²) in [6, 6.07) is 3.07. The third-order valence-electron chi connectivity index (χ3n) is 13.0. The molecule has 4 heterocycles. The predicted molar refractivity (Wildman–Crippen MR) is 220 cm³/mol. The Labute approximate surface area is 347 Å². The molecule has 3 aliphatic heterocycles. The summed E-state index contributed by atoms with van der Waals surface area (Å²) in [5.41, 5.74) is -0.339. The van der Waals surface area contributed by atoms with Gasteiger partial charge in [-0.25, -0.2) is 18.2 Å². The average Bonchev–Trinajstić information content (AvgIpc) is 4.05. The number of hydrogen-bond acceptors (Lipinski definition) is 11. The molecule has 5 aliphatic rings. The number of carbonyl (C=O) groups is 4. The molecule has 2 aromatic rings. The van der Waals surface area contributed by atoms with Crippen LogP contribution in [0.5, 0.6) is 17.4 Å². The summed E-state index contributed by atoms with van der Waals surface area (Å²) in [5, 5.41) is 3.67. The molecule has 2 aliphatic carbocycles. The van der Waals surface area contributed by atoms with E-state index in [1.54, 1.807) is 32.1 Å². The Morgan fingerprint density at radius 1 is 1.03 bits per heavy atom. The first kappa shape index (κ1) is 42.7. The lowest BCUT2D eigenvalue weighted by molar-refractivity contribution is -0.140. The molecular formula is C43H59N5O10S. The number of fused-ring (bicyclic) bond motifs is 3. The third-order valence-corrected chi connectivity index (χ3v) is 15.1. The molecule has 1 aromatic carbocycles. The fourth-order valence-electron chi connectivity index (χ4n) is 8.72. The molecule has 2 N–H and O–H groups in total. The van der Waals surface area contributed by atoms with Crippen LogP contribution < -0.4 is 24.2 Å². The Hall–Kier alpha value is -4.44. The highest BCUT2D eigenvalue weighted by Crippen LogP contribution is 2.57. The SMILES string of the molecule is COc1ccc2c(O[C@@H]3C[C@H]4C(=O)C[C@]5(C(=O)NS(=O)(=O)C6(C)CC6)C[C@H]5/C=C\CCCCC[C@H](NC(=O)N5CC(C)(OC)C5)C(=O)N4C3)cc(OC(C)C)nc2c1C. The van der Waals surface area contributed by atoms with E-state index in [2.05, 4.69) is 10.0 Å². The minimum atomic E-state index is -3.96. The molecule has 59 heavy (non-hydrogen) atoms. The number of sulfonamides is 1. The van der Waals surface area contributed by atoms with E-state index in [0.29, 0.717) is 73.5 Å². The number of Topliss-reactive ketones (excluding diaryl/α,β-unsaturated/α-hetero) is 1. The fraction of sp³-hybridized carbons (Fsp3) is 0.651. The number of aromatic nitrogens is 1. The van der Waals surface area contributed by atoms with Crippen LogP contribution >= 0.6 is 0 Å². The van der Waals surface area contributed by atoms with Gasteiger partial charge in [-0.1, -0.05) is 25.0 Å². The molecule has 5 atom stereocenters. The lowest BCUT2D eigenvalue weighted by Crippen LogP contribution is -2.66. The van der Waals surface area contributed by atoms with E-state index in [4.69, 9.17) is 23.9 Å². The number of ether oxygens (including phenoxy) is 4. The van der Waals surface area contributed by atoms with Crippen LogP contribution in [0, 0.1) is 18.3 Å². The minimum Gasteiger partial charge on any atom is -0.496 e. The quantitative estimate of drug-likeness (QED) is 0.308. The molecule has 15 nitrogen and oxygen atoms in total. The number of ketones is 1. The number of likely N-dealkylation sites (tertiary alicyclic amines) is 1. The van der Waals surface area contributed by atoms with Crippen molar-refractivity contribution in [3.05, 3.63) is 35.9 Å². The number of nitrogens with one attached hydrogen (secondary N) is 2. The van der Waals surface area contributed by atoms with Gasteiger partial charge in [-0.15, -0.1) is 0 Å².